The normalized spacial score (nSPS) is 12.1. The summed E-state index contributed by atoms with van der Waals surface area (Å²) in [5.74, 6) is 0. The summed E-state index contributed by atoms with van der Waals surface area (Å²) in [6.45, 7) is 4.28. The highest BCUT2D eigenvalue weighted by atomic mass is 35.5. The number of halogens is 1. The number of hydrogen-bond acceptors (Lipinski definition) is 2. The van der Waals surface area contributed by atoms with E-state index in [4.69, 9.17) is 16.9 Å². The summed E-state index contributed by atoms with van der Waals surface area (Å²) in [7, 11) is 0. The third-order valence-electron chi connectivity index (χ3n) is 1.97. The molecule has 0 N–H and O–H groups in total. The van der Waals surface area contributed by atoms with Gasteiger partial charge < -0.3 is 0 Å². The zero-order chi connectivity index (χ0) is 10.6. The molecule has 0 fully saturated rings. The van der Waals surface area contributed by atoms with Crippen LogP contribution in [0.1, 0.15) is 25.8 Å². The van der Waals surface area contributed by atoms with Crippen LogP contribution in [0, 0.1) is 11.3 Å². The molecule has 0 saturated heterocycles. The van der Waals surface area contributed by atoms with Crippen molar-refractivity contribution < 1.29 is 0 Å². The van der Waals surface area contributed by atoms with Crippen LogP contribution in [0.15, 0.2) is 23.1 Å². The first-order chi connectivity index (χ1) is 6.67. The summed E-state index contributed by atoms with van der Waals surface area (Å²) in [6, 6.07) is 7.55. The van der Waals surface area contributed by atoms with E-state index in [1.807, 2.05) is 6.07 Å². The Labute approximate surface area is 94.1 Å². The number of nitriles is 1. The first-order valence-electron chi connectivity index (χ1n) is 4.53. The van der Waals surface area contributed by atoms with Crippen molar-refractivity contribution in [1.82, 2.24) is 0 Å². The highest BCUT2D eigenvalue weighted by Gasteiger charge is 2.07. The lowest BCUT2D eigenvalue weighted by Crippen LogP contribution is -1.93. The molecule has 1 unspecified atom stereocenters. The Kier molecular flexibility index (Phi) is 4.31. The molecular formula is C11H12ClNS. The highest BCUT2D eigenvalue weighted by Crippen LogP contribution is 2.30. The first-order valence-corrected chi connectivity index (χ1v) is 5.79. The number of nitrogens with zero attached hydrogens (tertiary/aromatic N) is 1. The van der Waals surface area contributed by atoms with Crippen LogP contribution in [-0.4, -0.2) is 5.25 Å². The van der Waals surface area contributed by atoms with Gasteiger partial charge in [0.15, 0.2) is 0 Å². The van der Waals surface area contributed by atoms with E-state index >= 15 is 0 Å². The van der Waals surface area contributed by atoms with Crippen molar-refractivity contribution in [2.45, 2.75) is 30.4 Å². The Hall–Kier alpha value is -0.650. The van der Waals surface area contributed by atoms with Crippen LogP contribution >= 0.6 is 23.4 Å². The topological polar surface area (TPSA) is 23.8 Å². The van der Waals surface area contributed by atoms with Crippen LogP contribution in [-0.2, 0) is 0 Å². The lowest BCUT2D eigenvalue weighted by Gasteiger charge is -2.09. The van der Waals surface area contributed by atoms with Gasteiger partial charge >= 0.3 is 0 Å². The fraction of sp³-hybridized carbons (Fsp3) is 0.364. The third kappa shape index (κ3) is 2.94. The maximum Gasteiger partial charge on any atom is 0.100 e. The molecule has 0 aliphatic carbocycles. The molecule has 0 spiro atoms. The van der Waals surface area contributed by atoms with E-state index in [1.165, 1.54) is 0 Å². The van der Waals surface area contributed by atoms with Crippen LogP contribution in [0.5, 0.6) is 0 Å². The molecule has 0 saturated carbocycles. The predicted molar refractivity (Wildman–Crippen MR) is 61.8 cm³/mol. The fourth-order valence-electron chi connectivity index (χ4n) is 0.986. The standard InChI is InChI=1S/C11H12ClNS/c1-3-8(2)14-11-6-10(12)5-4-9(11)7-13/h4-6,8H,3H2,1-2H3. The Morgan fingerprint density at radius 1 is 1.57 bits per heavy atom. The summed E-state index contributed by atoms with van der Waals surface area (Å²) >= 11 is 7.58. The molecule has 3 heteroatoms. The molecule has 0 bridgehead atoms. The van der Waals surface area contributed by atoms with Crippen LogP contribution in [0.3, 0.4) is 0 Å². The summed E-state index contributed by atoms with van der Waals surface area (Å²) in [4.78, 5) is 0.981. The lowest BCUT2D eigenvalue weighted by atomic mass is 10.2. The minimum absolute atomic E-state index is 0.514. The van der Waals surface area contributed by atoms with Gasteiger partial charge in [0, 0.05) is 15.2 Å². The number of benzene rings is 1. The second kappa shape index (κ2) is 5.29. The molecule has 0 aromatic heterocycles. The van der Waals surface area contributed by atoms with Crippen molar-refractivity contribution in [1.29, 1.82) is 5.26 Å². The van der Waals surface area contributed by atoms with Crippen LogP contribution in [0.4, 0.5) is 0 Å². The highest BCUT2D eigenvalue weighted by molar-refractivity contribution is 8.00. The van der Waals surface area contributed by atoms with Crippen molar-refractivity contribution in [3.8, 4) is 6.07 Å². The molecule has 0 aliphatic rings. The second-order valence-electron chi connectivity index (χ2n) is 3.09. The van der Waals surface area contributed by atoms with Gasteiger partial charge in [-0.05, 0) is 24.6 Å². The van der Waals surface area contributed by atoms with Crippen molar-refractivity contribution in [3.05, 3.63) is 28.8 Å². The molecule has 0 amide bonds. The van der Waals surface area contributed by atoms with E-state index in [9.17, 15) is 0 Å². The van der Waals surface area contributed by atoms with E-state index in [0.717, 1.165) is 11.3 Å². The van der Waals surface area contributed by atoms with Gasteiger partial charge in [-0.15, -0.1) is 11.8 Å². The number of hydrogen-bond donors (Lipinski definition) is 0. The molecule has 0 radical (unpaired) electrons. The van der Waals surface area contributed by atoms with Crippen molar-refractivity contribution in [2.75, 3.05) is 0 Å². The molecule has 0 aliphatic heterocycles. The molecule has 1 aromatic carbocycles. The molecule has 0 heterocycles. The zero-order valence-corrected chi connectivity index (χ0v) is 9.82. The van der Waals surface area contributed by atoms with E-state index in [1.54, 1.807) is 23.9 Å². The Bertz CT molecular complexity index is 357. The van der Waals surface area contributed by atoms with Gasteiger partial charge in [0.25, 0.3) is 0 Å². The number of rotatable bonds is 3. The first kappa shape index (κ1) is 11.4. The second-order valence-corrected chi connectivity index (χ2v) is 5.01. The molecular weight excluding hydrogens is 214 g/mol. The molecule has 14 heavy (non-hydrogen) atoms. The average molecular weight is 226 g/mol. The molecule has 1 aromatic rings. The van der Waals surface area contributed by atoms with Crippen LogP contribution in [0.25, 0.3) is 0 Å². The third-order valence-corrected chi connectivity index (χ3v) is 3.53. The molecule has 1 nitrogen and oxygen atoms in total. The van der Waals surface area contributed by atoms with Gasteiger partial charge in [-0.1, -0.05) is 25.4 Å². The Morgan fingerprint density at radius 2 is 2.29 bits per heavy atom. The summed E-state index contributed by atoms with van der Waals surface area (Å²) < 4.78 is 0. The summed E-state index contributed by atoms with van der Waals surface area (Å²) in [5, 5.41) is 10.1. The van der Waals surface area contributed by atoms with Crippen molar-refractivity contribution in [2.24, 2.45) is 0 Å². The quantitative estimate of drug-likeness (QED) is 0.724. The van der Waals surface area contributed by atoms with Gasteiger partial charge in [0.05, 0.1) is 5.56 Å². The van der Waals surface area contributed by atoms with E-state index in [-0.39, 0.29) is 0 Å². The van der Waals surface area contributed by atoms with Gasteiger partial charge in [0.1, 0.15) is 6.07 Å². The Morgan fingerprint density at radius 3 is 2.86 bits per heavy atom. The smallest absolute Gasteiger partial charge is 0.100 e. The molecule has 74 valence electrons. The zero-order valence-electron chi connectivity index (χ0n) is 8.25. The maximum absolute atomic E-state index is 8.89. The number of thioether (sulfide) groups is 1. The minimum atomic E-state index is 0.514. The molecule has 1 atom stereocenters. The largest absolute Gasteiger partial charge is 0.192 e. The van der Waals surface area contributed by atoms with Gasteiger partial charge in [0.2, 0.25) is 0 Å². The predicted octanol–water partition coefficient (Wildman–Crippen LogP) is 4.10. The minimum Gasteiger partial charge on any atom is -0.192 e. The maximum atomic E-state index is 8.89. The van der Waals surface area contributed by atoms with E-state index < -0.39 is 0 Å². The van der Waals surface area contributed by atoms with Gasteiger partial charge in [-0.3, -0.25) is 0 Å². The average Bonchev–Trinajstić information content (AvgIpc) is 2.18. The molecule has 1 rings (SSSR count). The summed E-state index contributed by atoms with van der Waals surface area (Å²) in [6.07, 6.45) is 1.09. The van der Waals surface area contributed by atoms with Crippen molar-refractivity contribution in [3.63, 3.8) is 0 Å². The fourth-order valence-corrected chi connectivity index (χ4v) is 2.26. The lowest BCUT2D eigenvalue weighted by molar-refractivity contribution is 0.905. The van der Waals surface area contributed by atoms with E-state index in [0.29, 0.717) is 15.8 Å². The Balaban J connectivity index is 2.94. The monoisotopic (exact) mass is 225 g/mol. The summed E-state index contributed by atoms with van der Waals surface area (Å²) in [5.41, 5.74) is 0.708. The van der Waals surface area contributed by atoms with Gasteiger partial charge in [-0.25, -0.2) is 0 Å². The van der Waals surface area contributed by atoms with Gasteiger partial charge in [-0.2, -0.15) is 5.26 Å². The van der Waals surface area contributed by atoms with Crippen molar-refractivity contribution >= 4 is 23.4 Å². The van der Waals surface area contributed by atoms with Crippen LogP contribution < -0.4 is 0 Å². The van der Waals surface area contributed by atoms with E-state index in [2.05, 4.69) is 19.9 Å². The SMILES string of the molecule is CCC(C)Sc1cc(Cl)ccc1C#N. The van der Waals surface area contributed by atoms with Crippen LogP contribution in [0.2, 0.25) is 5.02 Å².